The molecule has 0 rings (SSSR count). The molecule has 1 atom stereocenters. The highest BCUT2D eigenvalue weighted by molar-refractivity contribution is 5.71. The molecule has 0 fully saturated rings. The summed E-state index contributed by atoms with van der Waals surface area (Å²) in [5.41, 5.74) is 0. The quantitative estimate of drug-likeness (QED) is 0.0262. The summed E-state index contributed by atoms with van der Waals surface area (Å²) in [6, 6.07) is 0. The minimum Gasteiger partial charge on any atom is -0.462 e. The predicted octanol–water partition coefficient (Wildman–Crippen LogP) is 18.3. The van der Waals surface area contributed by atoms with Crippen LogP contribution in [0.15, 0.2) is 109 Å². The highest BCUT2D eigenvalue weighted by Gasteiger charge is 2.19. The van der Waals surface area contributed by atoms with Crippen molar-refractivity contribution >= 4 is 17.9 Å². The molecule has 0 aliphatic carbocycles. The van der Waals surface area contributed by atoms with Crippen LogP contribution in [0.4, 0.5) is 0 Å². The van der Waals surface area contributed by atoms with Crippen molar-refractivity contribution in [1.82, 2.24) is 0 Å². The third-order valence-electron chi connectivity index (χ3n) is 11.2. The van der Waals surface area contributed by atoms with Gasteiger partial charge < -0.3 is 14.2 Å². The molecule has 0 aromatic rings. The Morgan fingerprint density at radius 3 is 0.970 bits per heavy atom. The molecule has 6 heteroatoms. The monoisotopic (exact) mass is 929 g/mol. The molecule has 0 unspecified atom stereocenters. The Balaban J connectivity index is 4.52. The summed E-state index contributed by atoms with van der Waals surface area (Å²) in [5.74, 6) is -0.992. The third kappa shape index (κ3) is 52.9. The van der Waals surface area contributed by atoms with Gasteiger partial charge in [-0.05, 0) is 122 Å². The van der Waals surface area contributed by atoms with Crippen molar-refractivity contribution in [2.75, 3.05) is 13.2 Å². The van der Waals surface area contributed by atoms with E-state index >= 15 is 0 Å². The molecule has 0 N–H and O–H groups in total. The number of hydrogen-bond donors (Lipinski definition) is 0. The first kappa shape index (κ1) is 63.1. The van der Waals surface area contributed by atoms with Gasteiger partial charge in [0.15, 0.2) is 6.10 Å². The van der Waals surface area contributed by atoms with Crippen LogP contribution in [-0.2, 0) is 28.6 Å². The number of hydrogen-bond acceptors (Lipinski definition) is 6. The van der Waals surface area contributed by atoms with E-state index in [1.165, 1.54) is 77.0 Å². The molecule has 6 nitrogen and oxygen atoms in total. The Morgan fingerprint density at radius 1 is 0.313 bits per heavy atom. The van der Waals surface area contributed by atoms with Gasteiger partial charge in [-0.3, -0.25) is 14.4 Å². The van der Waals surface area contributed by atoms with Gasteiger partial charge in [0, 0.05) is 19.3 Å². The molecule has 0 radical (unpaired) electrons. The average molecular weight is 929 g/mol. The summed E-state index contributed by atoms with van der Waals surface area (Å²) in [6.45, 7) is 6.40. The van der Waals surface area contributed by atoms with Gasteiger partial charge in [0.1, 0.15) is 13.2 Å². The molecule has 0 aliphatic heterocycles. The molecule has 0 aromatic carbocycles. The number of carbonyl (C=O) groups excluding carboxylic acids is 3. The number of carbonyl (C=O) groups is 3. The van der Waals surface area contributed by atoms with Crippen LogP contribution in [0.3, 0.4) is 0 Å². The van der Waals surface area contributed by atoms with E-state index in [2.05, 4.69) is 130 Å². The molecule has 0 saturated carbocycles. The van der Waals surface area contributed by atoms with Crippen LogP contribution in [0.5, 0.6) is 0 Å². The van der Waals surface area contributed by atoms with Crippen molar-refractivity contribution in [2.24, 2.45) is 0 Å². The van der Waals surface area contributed by atoms with Crippen molar-refractivity contribution < 1.29 is 28.6 Å². The molecular formula is C61H100O6. The van der Waals surface area contributed by atoms with Crippen LogP contribution < -0.4 is 0 Å². The maximum Gasteiger partial charge on any atom is 0.306 e. The predicted molar refractivity (Wildman–Crippen MR) is 288 cm³/mol. The van der Waals surface area contributed by atoms with E-state index in [-0.39, 0.29) is 37.5 Å². The molecule has 0 aliphatic rings. The second-order valence-electron chi connectivity index (χ2n) is 17.7. The highest BCUT2D eigenvalue weighted by Crippen LogP contribution is 2.13. The Hall–Kier alpha value is -3.93. The second kappa shape index (κ2) is 54.7. The van der Waals surface area contributed by atoms with Gasteiger partial charge in [-0.1, -0.05) is 207 Å². The Morgan fingerprint density at radius 2 is 0.597 bits per heavy atom. The summed E-state index contributed by atoms with van der Waals surface area (Å²) < 4.78 is 16.8. The fourth-order valence-corrected chi connectivity index (χ4v) is 7.13. The average Bonchev–Trinajstić information content (AvgIpc) is 3.33. The van der Waals surface area contributed by atoms with Crippen LogP contribution in [0, 0.1) is 0 Å². The molecule has 0 heterocycles. The first-order chi connectivity index (χ1) is 33.0. The minimum absolute atomic E-state index is 0.107. The van der Waals surface area contributed by atoms with Gasteiger partial charge in [0.25, 0.3) is 0 Å². The number of unbranched alkanes of at least 4 members (excludes halogenated alkanes) is 19. The SMILES string of the molecule is CC/C=C\C/C=C\C/C=C\C/C=C\C/C=C\CCCC(=O)OC[C@H](COC(=O)CCCCCCCCC/C=C\C/C=C\CCCCC)OC(=O)CCCCCCC/C=C\C/C=C\CCCCC. The van der Waals surface area contributed by atoms with E-state index in [9.17, 15) is 14.4 Å². The van der Waals surface area contributed by atoms with E-state index in [4.69, 9.17) is 14.2 Å². The standard InChI is InChI=1S/C61H100O6/c1-4-7-10-13-16-19-22-25-28-30-33-35-38-41-44-47-50-53-59(62)65-56-58(67-61(64)55-52-49-46-43-40-37-32-27-24-21-18-15-12-9-6-3)57-66-60(63)54-51-48-45-42-39-36-34-31-29-26-23-20-17-14-11-8-5-2/h7,10,16-21,25-29,32-33,35,41,44,58H,4-6,8-9,11-15,22-24,30-31,34,36-40,42-43,45-57H2,1-3H3/b10-7-,19-16-,20-17-,21-18-,28-25-,29-26-,32-27-,35-33-,44-41-/t58-/m1/s1. The van der Waals surface area contributed by atoms with E-state index < -0.39 is 6.10 Å². The summed E-state index contributed by atoms with van der Waals surface area (Å²) in [6.07, 6.45) is 73.6. The van der Waals surface area contributed by atoms with Gasteiger partial charge in [-0.25, -0.2) is 0 Å². The smallest absolute Gasteiger partial charge is 0.306 e. The van der Waals surface area contributed by atoms with Crippen molar-refractivity contribution in [2.45, 2.75) is 245 Å². The highest BCUT2D eigenvalue weighted by atomic mass is 16.6. The minimum atomic E-state index is -0.814. The first-order valence-electron chi connectivity index (χ1n) is 27.4. The lowest BCUT2D eigenvalue weighted by Crippen LogP contribution is -2.30. The van der Waals surface area contributed by atoms with Crippen LogP contribution in [0.1, 0.15) is 239 Å². The van der Waals surface area contributed by atoms with Crippen molar-refractivity contribution in [3.05, 3.63) is 109 Å². The Kier molecular flexibility index (Phi) is 51.5. The van der Waals surface area contributed by atoms with Gasteiger partial charge in [-0.15, -0.1) is 0 Å². The lowest BCUT2D eigenvalue weighted by molar-refractivity contribution is -0.167. The van der Waals surface area contributed by atoms with E-state index in [0.29, 0.717) is 19.3 Å². The Bertz CT molecular complexity index is 1390. The summed E-state index contributed by atoms with van der Waals surface area (Å²) in [5, 5.41) is 0. The van der Waals surface area contributed by atoms with Crippen molar-refractivity contribution in [3.63, 3.8) is 0 Å². The molecule has 0 aromatic heterocycles. The molecule has 0 bridgehead atoms. The lowest BCUT2D eigenvalue weighted by Gasteiger charge is -2.18. The summed E-state index contributed by atoms with van der Waals surface area (Å²) >= 11 is 0. The van der Waals surface area contributed by atoms with Crippen LogP contribution in [0.2, 0.25) is 0 Å². The zero-order chi connectivity index (χ0) is 48.6. The number of ether oxygens (including phenoxy) is 3. The molecular weight excluding hydrogens is 829 g/mol. The summed E-state index contributed by atoms with van der Waals surface area (Å²) in [4.78, 5) is 38.1. The van der Waals surface area contributed by atoms with E-state index in [1.807, 2.05) is 0 Å². The fraction of sp³-hybridized carbons (Fsp3) is 0.656. The topological polar surface area (TPSA) is 78.9 Å². The largest absolute Gasteiger partial charge is 0.462 e. The van der Waals surface area contributed by atoms with Gasteiger partial charge >= 0.3 is 17.9 Å². The zero-order valence-corrected chi connectivity index (χ0v) is 43.4. The van der Waals surface area contributed by atoms with E-state index in [1.54, 1.807) is 0 Å². The Labute approximate surface area is 412 Å². The van der Waals surface area contributed by atoms with Crippen LogP contribution in [-0.4, -0.2) is 37.2 Å². The normalized spacial score (nSPS) is 12.9. The van der Waals surface area contributed by atoms with Crippen molar-refractivity contribution in [3.8, 4) is 0 Å². The maximum absolute atomic E-state index is 12.8. The van der Waals surface area contributed by atoms with Gasteiger partial charge in [-0.2, -0.15) is 0 Å². The van der Waals surface area contributed by atoms with Gasteiger partial charge in [0.2, 0.25) is 0 Å². The molecule has 0 spiro atoms. The fourth-order valence-electron chi connectivity index (χ4n) is 7.13. The number of esters is 3. The lowest BCUT2D eigenvalue weighted by atomic mass is 10.1. The maximum atomic E-state index is 12.8. The van der Waals surface area contributed by atoms with Gasteiger partial charge in [0.05, 0.1) is 0 Å². The summed E-state index contributed by atoms with van der Waals surface area (Å²) in [7, 11) is 0. The number of allylic oxidation sites excluding steroid dienone is 18. The van der Waals surface area contributed by atoms with Crippen molar-refractivity contribution in [1.29, 1.82) is 0 Å². The molecule has 380 valence electrons. The third-order valence-corrected chi connectivity index (χ3v) is 11.2. The van der Waals surface area contributed by atoms with Crippen LogP contribution in [0.25, 0.3) is 0 Å². The second-order valence-corrected chi connectivity index (χ2v) is 17.7. The molecule has 67 heavy (non-hydrogen) atoms. The molecule has 0 saturated heterocycles. The van der Waals surface area contributed by atoms with E-state index in [0.717, 1.165) is 116 Å². The first-order valence-corrected chi connectivity index (χ1v) is 27.4. The van der Waals surface area contributed by atoms with Crippen LogP contribution >= 0.6 is 0 Å². The zero-order valence-electron chi connectivity index (χ0n) is 43.4. The molecule has 0 amide bonds. The number of rotatable bonds is 48.